The molecule has 0 radical (unpaired) electrons. The smallest absolute Gasteiger partial charge is 0.231 e. The second-order valence-corrected chi connectivity index (χ2v) is 10.3. The van der Waals surface area contributed by atoms with E-state index in [9.17, 15) is 23.0 Å². The fraction of sp³-hybridized carbons (Fsp3) is 0.385. The second-order valence-electron chi connectivity index (χ2n) is 7.50. The highest BCUT2D eigenvalue weighted by atomic mass is 79.9. The molecule has 1 unspecified atom stereocenters. The van der Waals surface area contributed by atoms with Gasteiger partial charge in [-0.3, -0.25) is 18.8 Å². The van der Waals surface area contributed by atoms with Crippen LogP contribution in [0.15, 0.2) is 36.4 Å². The Labute approximate surface area is 243 Å². The molecule has 0 bridgehead atoms. The Morgan fingerprint density at radius 3 is 1.92 bits per heavy atom. The number of phenols is 2. The molecule has 218 valence electrons. The van der Waals surface area contributed by atoms with E-state index in [0.29, 0.717) is 25.2 Å². The van der Waals surface area contributed by atoms with E-state index in [1.807, 2.05) is 18.2 Å². The summed E-state index contributed by atoms with van der Waals surface area (Å²) in [5.74, 6) is 1.34. The van der Waals surface area contributed by atoms with Crippen molar-refractivity contribution in [3.63, 3.8) is 0 Å². The first-order valence-electron chi connectivity index (χ1n) is 11.9. The van der Waals surface area contributed by atoms with Crippen LogP contribution >= 0.6 is 28.1 Å². The molecule has 2 aromatic rings. The van der Waals surface area contributed by atoms with Gasteiger partial charge in [-0.15, -0.1) is 0 Å². The number of ketones is 2. The first-order chi connectivity index (χ1) is 18.8. The maximum atomic E-state index is 10.9. The molecule has 0 aromatic heterocycles. The summed E-state index contributed by atoms with van der Waals surface area (Å²) in [6.45, 7) is 6.37. The molecule has 1 aliphatic rings. The number of hydrogen-bond acceptors (Lipinski definition) is 9. The third kappa shape index (κ3) is 19.0. The van der Waals surface area contributed by atoms with E-state index in [0.717, 1.165) is 22.4 Å². The van der Waals surface area contributed by atoms with Gasteiger partial charge in [0.15, 0.2) is 32.8 Å². The molecule has 3 rings (SSSR count). The van der Waals surface area contributed by atoms with Crippen molar-refractivity contribution in [2.75, 3.05) is 25.7 Å². The van der Waals surface area contributed by atoms with Crippen LogP contribution in [-0.2, 0) is 37.0 Å². The van der Waals surface area contributed by atoms with Crippen molar-refractivity contribution in [3.05, 3.63) is 47.5 Å². The lowest BCUT2D eigenvalue weighted by Gasteiger charge is -2.18. The van der Waals surface area contributed by atoms with E-state index in [1.54, 1.807) is 13.0 Å². The quantitative estimate of drug-likeness (QED) is 0.169. The Morgan fingerprint density at radius 2 is 1.54 bits per heavy atom. The summed E-state index contributed by atoms with van der Waals surface area (Å²) < 4.78 is 45.7. The zero-order valence-electron chi connectivity index (χ0n) is 22.9. The van der Waals surface area contributed by atoms with Crippen LogP contribution in [0.4, 0.5) is 4.39 Å². The fourth-order valence-corrected chi connectivity index (χ4v) is 2.63. The molecule has 1 heterocycles. The highest BCUT2D eigenvalue weighted by Crippen LogP contribution is 2.30. The van der Waals surface area contributed by atoms with Crippen molar-refractivity contribution in [2.45, 2.75) is 40.0 Å². The Bertz CT molecular complexity index is 1210. The first kappa shape index (κ1) is 36.2. The molecule has 0 saturated heterocycles. The van der Waals surface area contributed by atoms with Gasteiger partial charge >= 0.3 is 0 Å². The second kappa shape index (κ2) is 22.0. The van der Waals surface area contributed by atoms with E-state index in [-0.39, 0.29) is 35.1 Å². The summed E-state index contributed by atoms with van der Waals surface area (Å²) in [4.78, 5) is 31.0. The molecule has 3 N–H and O–H groups in total. The van der Waals surface area contributed by atoms with Gasteiger partial charge in [0.1, 0.15) is 24.8 Å². The molecule has 1 atom stereocenters. The molecule has 0 spiro atoms. The molecular formula is C26H34BrFO9S2. The molecule has 2 aromatic carbocycles. The third-order valence-electron chi connectivity index (χ3n) is 3.99. The fourth-order valence-electron chi connectivity index (χ4n) is 2.47. The average Bonchev–Trinajstić information content (AvgIpc) is 2.91. The zero-order chi connectivity index (χ0) is 31.1. The van der Waals surface area contributed by atoms with Crippen LogP contribution in [0.3, 0.4) is 0 Å². The predicted molar refractivity (Wildman–Crippen MR) is 157 cm³/mol. The van der Waals surface area contributed by atoms with Gasteiger partial charge in [-0.2, -0.15) is 0 Å². The molecule has 9 nitrogen and oxygen atoms in total. The van der Waals surface area contributed by atoms with Gasteiger partial charge in [0, 0.05) is 22.5 Å². The van der Waals surface area contributed by atoms with Crippen molar-refractivity contribution >= 4 is 59.4 Å². The molecule has 1 aliphatic heterocycles. The Hall–Kier alpha value is -2.83. The predicted octanol–water partition coefficient (Wildman–Crippen LogP) is 4.96. The van der Waals surface area contributed by atoms with E-state index < -0.39 is 17.0 Å². The number of rotatable bonds is 6. The first-order valence-corrected chi connectivity index (χ1v) is 14.3. The van der Waals surface area contributed by atoms with Crippen LogP contribution in [0.5, 0.6) is 23.0 Å². The molecule has 0 amide bonds. The van der Waals surface area contributed by atoms with Crippen LogP contribution in [0.2, 0.25) is 0 Å². The summed E-state index contributed by atoms with van der Waals surface area (Å²) in [6.07, 6.45) is 1.98. The number of carbonyl (C=O) groups is 3. The molecule has 0 fully saturated rings. The maximum Gasteiger partial charge on any atom is 0.231 e. The number of thiocarbonyl (C=S) groups is 1. The molecule has 0 aliphatic carbocycles. The van der Waals surface area contributed by atoms with Crippen LogP contribution < -0.4 is 9.47 Å². The number of alkyl halides is 2. The zero-order valence-corrected chi connectivity index (χ0v) is 25.1. The molecule has 39 heavy (non-hydrogen) atoms. The minimum Gasteiger partial charge on any atom is -0.504 e. The number of Topliss-reactive ketones (excluding diaryl/α,β-unsaturated/α-hetero) is 2. The number of fused-ring (bicyclic) bond motifs is 1. The van der Waals surface area contributed by atoms with Crippen molar-refractivity contribution in [2.24, 2.45) is 0 Å². The van der Waals surface area contributed by atoms with Gasteiger partial charge in [0.2, 0.25) is 5.62 Å². The Morgan fingerprint density at radius 1 is 1.08 bits per heavy atom. The summed E-state index contributed by atoms with van der Waals surface area (Å²) >= 11 is 7.13. The monoisotopic (exact) mass is 653 g/mol. The SMILES string of the molecule is CC(=O)Cc1ccc(O)c(O)c1.CC(=O)Cc1ccc2c(c1)OCCO2.CCCBr.O=CS(=O)(O)=C=S.[2H]CF. The van der Waals surface area contributed by atoms with E-state index in [1.165, 1.54) is 29.8 Å². The molecule has 0 saturated carbocycles. The Balaban J connectivity index is 0. The topological polar surface area (TPSA) is 147 Å². The number of halogens is 2. The number of ether oxygens (including phenoxy) is 2. The van der Waals surface area contributed by atoms with Crippen molar-refractivity contribution < 1.29 is 48.6 Å². The summed E-state index contributed by atoms with van der Waals surface area (Å²) in [7, 11) is -4.52. The maximum absolute atomic E-state index is 10.9. The summed E-state index contributed by atoms with van der Waals surface area (Å²) in [6, 6.07) is 9.98. The average molecular weight is 655 g/mol. The van der Waals surface area contributed by atoms with Gasteiger partial charge in [-0.25, -0.2) is 4.21 Å². The van der Waals surface area contributed by atoms with E-state index in [4.69, 9.17) is 25.6 Å². The minimum absolute atomic E-state index is 0.0279. The lowest BCUT2D eigenvalue weighted by molar-refractivity contribution is -0.117. The van der Waals surface area contributed by atoms with E-state index >= 15 is 0 Å². The van der Waals surface area contributed by atoms with Crippen LogP contribution in [-0.4, -0.2) is 66.2 Å². The van der Waals surface area contributed by atoms with Crippen molar-refractivity contribution in [1.82, 2.24) is 0 Å². The summed E-state index contributed by atoms with van der Waals surface area (Å²) in [5.41, 5.74) is 1.54. The summed E-state index contributed by atoms with van der Waals surface area (Å²) in [5, 5.41) is 19.1. The van der Waals surface area contributed by atoms with Crippen molar-refractivity contribution in [1.29, 1.82) is 0 Å². The van der Waals surface area contributed by atoms with Gasteiger partial charge in [0.05, 0.1) is 8.52 Å². The minimum atomic E-state index is -3.52. The van der Waals surface area contributed by atoms with Gasteiger partial charge in [-0.1, -0.05) is 35.0 Å². The molecular weight excluding hydrogens is 619 g/mol. The Kier molecular flexibility index (Phi) is 20.4. The van der Waals surface area contributed by atoms with Crippen LogP contribution in [0.25, 0.3) is 0 Å². The molecule has 13 heteroatoms. The highest BCUT2D eigenvalue weighted by Gasteiger charge is 2.11. The number of hydrogen-bond donors (Lipinski definition) is 3. The lowest BCUT2D eigenvalue weighted by Crippen LogP contribution is -2.15. The van der Waals surface area contributed by atoms with Gasteiger partial charge < -0.3 is 24.2 Å². The standard InChI is InChI=1S/C11H12O3.C9H10O3.C3H7Br.C2H2O3S2.CH3F/c1-8(12)6-9-2-3-10-11(7-9)14-5-4-13-10;1-6(10)4-7-2-3-8(11)9(12)5-7;1-2-3-4;3-1-7(4,5)2-6;1-2/h2-3,7H,4-6H2,1H3;2-3,5,11-12H,4H2,1H3;2-3H2,1H3;1H,(H,4,5);1H3/i;;;;1D. The van der Waals surface area contributed by atoms with E-state index in [2.05, 4.69) is 35.1 Å². The number of benzene rings is 2. The lowest BCUT2D eigenvalue weighted by atomic mass is 10.1. The highest BCUT2D eigenvalue weighted by molar-refractivity contribution is 9.09. The van der Waals surface area contributed by atoms with Gasteiger partial charge in [-0.05, 0) is 67.9 Å². The van der Waals surface area contributed by atoms with Crippen LogP contribution in [0.1, 0.15) is 39.7 Å². The third-order valence-corrected chi connectivity index (χ3v) is 6.00. The number of aromatic hydroxyl groups is 2. The largest absolute Gasteiger partial charge is 0.504 e. The number of phenolic OH excluding ortho intramolecular Hbond substituents is 2. The normalized spacial score (nSPS) is 12.2. The number of carbonyl (C=O) groups excluding carboxylic acids is 3. The van der Waals surface area contributed by atoms with Crippen molar-refractivity contribution in [3.8, 4) is 23.0 Å². The van der Waals surface area contributed by atoms with Crippen LogP contribution in [0, 0.1) is 0 Å². The van der Waals surface area contributed by atoms with Gasteiger partial charge in [0.25, 0.3) is 0 Å².